The van der Waals surface area contributed by atoms with Crippen LogP contribution in [0.3, 0.4) is 0 Å². The van der Waals surface area contributed by atoms with Crippen LogP contribution in [0.5, 0.6) is 5.75 Å². The smallest absolute Gasteiger partial charge is 0.224 e. The van der Waals surface area contributed by atoms with Crippen LogP contribution in [-0.4, -0.2) is 24.4 Å². The molecule has 1 aliphatic carbocycles. The van der Waals surface area contributed by atoms with E-state index in [4.69, 9.17) is 4.74 Å². The van der Waals surface area contributed by atoms with E-state index in [-0.39, 0.29) is 5.91 Å². The van der Waals surface area contributed by atoms with E-state index in [2.05, 4.69) is 21.2 Å². The van der Waals surface area contributed by atoms with Gasteiger partial charge in [-0.2, -0.15) is 0 Å². The molecule has 2 atom stereocenters. The predicted octanol–water partition coefficient (Wildman–Crippen LogP) is 3.31. The first-order valence-corrected chi connectivity index (χ1v) is 8.12. The van der Waals surface area contributed by atoms with Gasteiger partial charge in [-0.1, -0.05) is 34.5 Å². The maximum atomic E-state index is 11.9. The average Bonchev–Trinajstić information content (AvgIpc) is 2.46. The highest BCUT2D eigenvalue weighted by Gasteiger charge is 2.20. The lowest BCUT2D eigenvalue weighted by atomic mass is 9.89. The minimum Gasteiger partial charge on any atom is -0.497 e. The number of nitrogens with one attached hydrogen (secondary N) is 1. The molecule has 1 aliphatic rings. The fourth-order valence-corrected chi connectivity index (χ4v) is 3.51. The van der Waals surface area contributed by atoms with Crippen molar-refractivity contribution in [3.8, 4) is 5.75 Å². The number of halogens is 1. The number of carbonyl (C=O) groups is 1. The van der Waals surface area contributed by atoms with Crippen molar-refractivity contribution in [2.45, 2.75) is 36.9 Å². The number of benzene rings is 1. The molecule has 3 nitrogen and oxygen atoms in total. The average molecular weight is 340 g/mol. The second-order valence-corrected chi connectivity index (χ2v) is 6.75. The number of carbonyl (C=O) groups excluding carboxylic acids is 1. The van der Waals surface area contributed by atoms with Crippen LogP contribution in [0.2, 0.25) is 0 Å². The molecule has 0 aliphatic heterocycles. The molecule has 0 aromatic heterocycles. The van der Waals surface area contributed by atoms with Gasteiger partial charge in [0.1, 0.15) is 5.75 Å². The van der Waals surface area contributed by atoms with Gasteiger partial charge < -0.3 is 10.1 Å². The molecule has 0 saturated heterocycles. The molecule has 110 valence electrons. The summed E-state index contributed by atoms with van der Waals surface area (Å²) in [4.78, 5) is 12.6. The number of hydrogen-bond acceptors (Lipinski definition) is 2. The van der Waals surface area contributed by atoms with Gasteiger partial charge in [0.05, 0.1) is 13.5 Å². The molecule has 0 heterocycles. The Hall–Kier alpha value is -1.03. The van der Waals surface area contributed by atoms with Crippen LogP contribution in [0.4, 0.5) is 0 Å². The van der Waals surface area contributed by atoms with Gasteiger partial charge in [0.25, 0.3) is 0 Å². The van der Waals surface area contributed by atoms with E-state index in [1.165, 1.54) is 25.7 Å². The Balaban J connectivity index is 1.74. The van der Waals surface area contributed by atoms with Crippen molar-refractivity contribution in [1.82, 2.24) is 5.32 Å². The van der Waals surface area contributed by atoms with Crippen LogP contribution in [0.1, 0.15) is 31.2 Å². The highest BCUT2D eigenvalue weighted by atomic mass is 79.9. The van der Waals surface area contributed by atoms with E-state index in [0.29, 0.717) is 17.2 Å². The number of alkyl halides is 1. The Morgan fingerprint density at radius 3 is 2.75 bits per heavy atom. The van der Waals surface area contributed by atoms with Crippen LogP contribution in [0.25, 0.3) is 0 Å². The Bertz CT molecular complexity index is 433. The molecule has 1 saturated carbocycles. The maximum absolute atomic E-state index is 11.9. The second-order valence-electron chi connectivity index (χ2n) is 5.46. The van der Waals surface area contributed by atoms with Gasteiger partial charge in [0.15, 0.2) is 0 Å². The van der Waals surface area contributed by atoms with Crippen molar-refractivity contribution in [3.63, 3.8) is 0 Å². The van der Waals surface area contributed by atoms with Crippen LogP contribution in [0.15, 0.2) is 24.3 Å². The first kappa shape index (κ1) is 15.4. The second kappa shape index (κ2) is 7.67. The van der Waals surface area contributed by atoms with E-state index >= 15 is 0 Å². The van der Waals surface area contributed by atoms with Crippen LogP contribution in [-0.2, 0) is 11.2 Å². The van der Waals surface area contributed by atoms with Gasteiger partial charge in [-0.25, -0.2) is 0 Å². The van der Waals surface area contributed by atoms with E-state index < -0.39 is 0 Å². The Morgan fingerprint density at radius 2 is 2.10 bits per heavy atom. The van der Waals surface area contributed by atoms with Gasteiger partial charge in [0.2, 0.25) is 5.91 Å². The Morgan fingerprint density at radius 1 is 1.35 bits per heavy atom. The van der Waals surface area contributed by atoms with E-state index in [1.807, 2.05) is 24.3 Å². The SMILES string of the molecule is COc1ccc(CC(=O)NCC2CCCC(Br)C2)cc1. The molecule has 1 N–H and O–H groups in total. The van der Waals surface area contributed by atoms with E-state index in [9.17, 15) is 4.79 Å². The van der Waals surface area contributed by atoms with Crippen molar-refractivity contribution in [3.05, 3.63) is 29.8 Å². The summed E-state index contributed by atoms with van der Waals surface area (Å²) < 4.78 is 5.11. The molecule has 1 aromatic carbocycles. The molecule has 2 unspecified atom stereocenters. The molecule has 20 heavy (non-hydrogen) atoms. The normalized spacial score (nSPS) is 22.3. The highest BCUT2D eigenvalue weighted by molar-refractivity contribution is 9.09. The van der Waals surface area contributed by atoms with Crippen LogP contribution < -0.4 is 10.1 Å². The molecular weight excluding hydrogens is 318 g/mol. The zero-order chi connectivity index (χ0) is 14.4. The topological polar surface area (TPSA) is 38.3 Å². The lowest BCUT2D eigenvalue weighted by Crippen LogP contribution is -2.32. The molecule has 4 heteroatoms. The van der Waals surface area contributed by atoms with Crippen LogP contribution >= 0.6 is 15.9 Å². The number of hydrogen-bond donors (Lipinski definition) is 1. The third-order valence-electron chi connectivity index (χ3n) is 3.83. The van der Waals surface area contributed by atoms with Crippen molar-refractivity contribution in [2.75, 3.05) is 13.7 Å². The largest absolute Gasteiger partial charge is 0.497 e. The molecule has 1 aromatic rings. The Labute approximate surface area is 129 Å². The molecule has 0 spiro atoms. The minimum atomic E-state index is 0.104. The van der Waals surface area contributed by atoms with Gasteiger partial charge in [-0.15, -0.1) is 0 Å². The highest BCUT2D eigenvalue weighted by Crippen LogP contribution is 2.28. The fourth-order valence-electron chi connectivity index (χ4n) is 2.66. The first-order valence-electron chi connectivity index (χ1n) is 7.21. The van der Waals surface area contributed by atoms with Gasteiger partial charge in [-0.3, -0.25) is 4.79 Å². The van der Waals surface area contributed by atoms with Gasteiger partial charge in [0, 0.05) is 11.4 Å². The quantitative estimate of drug-likeness (QED) is 0.835. The number of ether oxygens (including phenoxy) is 1. The number of rotatable bonds is 5. The standard InChI is InChI=1S/C16H22BrNO2/c1-20-15-7-5-12(6-8-15)10-16(19)18-11-13-3-2-4-14(17)9-13/h5-8,13-14H,2-4,9-11H2,1H3,(H,18,19). The summed E-state index contributed by atoms with van der Waals surface area (Å²) in [6, 6.07) is 7.65. The molecule has 1 fully saturated rings. The summed E-state index contributed by atoms with van der Waals surface area (Å²) >= 11 is 3.68. The third kappa shape index (κ3) is 4.82. The van der Waals surface area contributed by atoms with Crippen LogP contribution in [0, 0.1) is 5.92 Å². The fraction of sp³-hybridized carbons (Fsp3) is 0.562. The van der Waals surface area contributed by atoms with Crippen molar-refractivity contribution in [1.29, 1.82) is 0 Å². The predicted molar refractivity (Wildman–Crippen MR) is 84.4 cm³/mol. The summed E-state index contributed by atoms with van der Waals surface area (Å²) in [5.41, 5.74) is 1.02. The molecular formula is C16H22BrNO2. The molecule has 1 amide bonds. The maximum Gasteiger partial charge on any atom is 0.224 e. The molecule has 0 radical (unpaired) electrons. The summed E-state index contributed by atoms with van der Waals surface area (Å²) in [7, 11) is 1.64. The molecule has 0 bridgehead atoms. The van der Waals surface area contributed by atoms with E-state index in [1.54, 1.807) is 7.11 Å². The summed E-state index contributed by atoms with van der Waals surface area (Å²) in [6.45, 7) is 0.803. The van der Waals surface area contributed by atoms with Crippen molar-refractivity contribution in [2.24, 2.45) is 5.92 Å². The number of amides is 1. The zero-order valence-electron chi connectivity index (χ0n) is 11.9. The van der Waals surface area contributed by atoms with Crippen molar-refractivity contribution >= 4 is 21.8 Å². The minimum absolute atomic E-state index is 0.104. The lowest BCUT2D eigenvalue weighted by molar-refractivity contribution is -0.120. The monoisotopic (exact) mass is 339 g/mol. The lowest BCUT2D eigenvalue weighted by Gasteiger charge is -2.25. The van der Waals surface area contributed by atoms with Crippen molar-refractivity contribution < 1.29 is 9.53 Å². The summed E-state index contributed by atoms with van der Waals surface area (Å²) in [5, 5.41) is 3.06. The number of methoxy groups -OCH3 is 1. The molecule has 2 rings (SSSR count). The Kier molecular flexibility index (Phi) is 5.89. The third-order valence-corrected chi connectivity index (χ3v) is 4.66. The first-order chi connectivity index (χ1) is 9.67. The van der Waals surface area contributed by atoms with E-state index in [0.717, 1.165) is 17.9 Å². The van der Waals surface area contributed by atoms with Gasteiger partial charge >= 0.3 is 0 Å². The summed E-state index contributed by atoms with van der Waals surface area (Å²) in [6.07, 6.45) is 5.35. The summed E-state index contributed by atoms with van der Waals surface area (Å²) in [5.74, 6) is 1.54. The van der Waals surface area contributed by atoms with Gasteiger partial charge in [-0.05, 0) is 42.9 Å². The zero-order valence-corrected chi connectivity index (χ0v) is 13.5.